The molecule has 0 N–H and O–H groups in total. The highest BCUT2D eigenvalue weighted by Crippen LogP contribution is 2.46. The SMILES string of the molecule is ClC1CCCC2(CCCCCC2)CC1. The summed E-state index contributed by atoms with van der Waals surface area (Å²) in [4.78, 5) is 0. The van der Waals surface area contributed by atoms with Gasteiger partial charge >= 0.3 is 0 Å². The van der Waals surface area contributed by atoms with Crippen molar-refractivity contribution in [3.63, 3.8) is 0 Å². The molecule has 0 aliphatic heterocycles. The highest BCUT2D eigenvalue weighted by atomic mass is 35.5. The summed E-state index contributed by atoms with van der Waals surface area (Å²) < 4.78 is 0. The van der Waals surface area contributed by atoms with Gasteiger partial charge < -0.3 is 0 Å². The van der Waals surface area contributed by atoms with Crippen LogP contribution in [0.5, 0.6) is 0 Å². The molecule has 0 saturated heterocycles. The lowest BCUT2D eigenvalue weighted by molar-refractivity contribution is 0.207. The van der Waals surface area contributed by atoms with Crippen LogP contribution in [-0.4, -0.2) is 5.38 Å². The molecule has 82 valence electrons. The van der Waals surface area contributed by atoms with Gasteiger partial charge in [0.15, 0.2) is 0 Å². The summed E-state index contributed by atoms with van der Waals surface area (Å²) in [6, 6.07) is 0. The molecule has 0 nitrogen and oxygen atoms in total. The Bertz CT molecular complexity index is 168. The minimum atomic E-state index is 0.484. The molecule has 1 atom stereocenters. The van der Waals surface area contributed by atoms with E-state index >= 15 is 0 Å². The highest BCUT2D eigenvalue weighted by molar-refractivity contribution is 6.20. The Morgan fingerprint density at radius 3 is 2.07 bits per heavy atom. The van der Waals surface area contributed by atoms with Gasteiger partial charge in [-0.05, 0) is 43.9 Å². The first kappa shape index (κ1) is 10.8. The zero-order valence-electron chi connectivity index (χ0n) is 9.23. The maximum atomic E-state index is 6.26. The summed E-state index contributed by atoms with van der Waals surface area (Å²) in [5.74, 6) is 0. The normalized spacial score (nSPS) is 33.6. The van der Waals surface area contributed by atoms with E-state index in [0.29, 0.717) is 5.38 Å². The fraction of sp³-hybridized carbons (Fsp3) is 1.00. The molecule has 0 aromatic rings. The zero-order valence-corrected chi connectivity index (χ0v) is 9.99. The molecule has 1 heteroatoms. The summed E-state index contributed by atoms with van der Waals surface area (Å²) in [5, 5.41) is 0.484. The van der Waals surface area contributed by atoms with Crippen LogP contribution in [0.15, 0.2) is 0 Å². The van der Waals surface area contributed by atoms with Gasteiger partial charge in [-0.15, -0.1) is 11.6 Å². The van der Waals surface area contributed by atoms with Crippen molar-refractivity contribution in [3.8, 4) is 0 Å². The van der Waals surface area contributed by atoms with Crippen LogP contribution in [0.3, 0.4) is 0 Å². The number of rotatable bonds is 0. The van der Waals surface area contributed by atoms with E-state index in [9.17, 15) is 0 Å². The molecule has 0 aromatic carbocycles. The lowest BCUT2D eigenvalue weighted by Gasteiger charge is -2.31. The van der Waals surface area contributed by atoms with Crippen molar-refractivity contribution in [3.05, 3.63) is 0 Å². The molecule has 0 heterocycles. The van der Waals surface area contributed by atoms with E-state index < -0.39 is 0 Å². The third kappa shape index (κ3) is 2.66. The van der Waals surface area contributed by atoms with Crippen molar-refractivity contribution in [1.82, 2.24) is 0 Å². The maximum Gasteiger partial charge on any atom is 0.0336 e. The summed E-state index contributed by atoms with van der Waals surface area (Å²) in [6.45, 7) is 0. The van der Waals surface area contributed by atoms with Gasteiger partial charge in [0, 0.05) is 5.38 Å². The molecule has 1 unspecified atom stereocenters. The molecule has 0 bridgehead atoms. The average molecular weight is 215 g/mol. The molecular weight excluding hydrogens is 192 g/mol. The van der Waals surface area contributed by atoms with Crippen LogP contribution < -0.4 is 0 Å². The first-order chi connectivity index (χ1) is 6.81. The Morgan fingerprint density at radius 2 is 1.36 bits per heavy atom. The van der Waals surface area contributed by atoms with Crippen molar-refractivity contribution in [1.29, 1.82) is 0 Å². The first-order valence-electron chi connectivity index (χ1n) is 6.45. The second kappa shape index (κ2) is 4.88. The number of hydrogen-bond acceptors (Lipinski definition) is 0. The molecule has 1 spiro atoms. The largest absolute Gasteiger partial charge is 0.123 e. The van der Waals surface area contributed by atoms with Crippen LogP contribution in [0, 0.1) is 5.41 Å². The van der Waals surface area contributed by atoms with Gasteiger partial charge in [0.1, 0.15) is 0 Å². The number of halogens is 1. The van der Waals surface area contributed by atoms with E-state index in [-0.39, 0.29) is 0 Å². The second-order valence-corrected chi connectivity index (χ2v) is 6.06. The van der Waals surface area contributed by atoms with Crippen LogP contribution >= 0.6 is 11.6 Å². The molecule has 14 heavy (non-hydrogen) atoms. The van der Waals surface area contributed by atoms with Gasteiger partial charge in [0.2, 0.25) is 0 Å². The summed E-state index contributed by atoms with van der Waals surface area (Å²) >= 11 is 6.26. The molecule has 2 rings (SSSR count). The predicted molar refractivity (Wildman–Crippen MR) is 62.9 cm³/mol. The molecule has 2 saturated carbocycles. The molecule has 0 radical (unpaired) electrons. The Balaban J connectivity index is 1.97. The van der Waals surface area contributed by atoms with Gasteiger partial charge in [-0.3, -0.25) is 0 Å². The molecule has 2 aliphatic carbocycles. The number of hydrogen-bond donors (Lipinski definition) is 0. The average Bonchev–Trinajstić information content (AvgIpc) is 2.50. The Kier molecular flexibility index (Phi) is 3.76. The maximum absolute atomic E-state index is 6.26. The number of alkyl halides is 1. The first-order valence-corrected chi connectivity index (χ1v) is 6.89. The molecular formula is C13H23Cl. The van der Waals surface area contributed by atoms with E-state index in [0.717, 1.165) is 5.41 Å². The standard InChI is InChI=1S/C13H23Cl/c14-12-6-5-10-13(11-7-12)8-3-1-2-4-9-13/h12H,1-11H2. The quantitative estimate of drug-likeness (QED) is 0.504. The predicted octanol–water partition coefficient (Wildman–Crippen LogP) is 4.90. The van der Waals surface area contributed by atoms with E-state index in [4.69, 9.17) is 11.6 Å². The molecule has 0 amide bonds. The monoisotopic (exact) mass is 214 g/mol. The Morgan fingerprint density at radius 1 is 0.714 bits per heavy atom. The van der Waals surface area contributed by atoms with Crippen LogP contribution in [0.1, 0.15) is 70.6 Å². The highest BCUT2D eigenvalue weighted by Gasteiger charge is 2.32. The van der Waals surface area contributed by atoms with E-state index in [2.05, 4.69) is 0 Å². The van der Waals surface area contributed by atoms with Crippen molar-refractivity contribution >= 4 is 11.6 Å². The van der Waals surface area contributed by atoms with Crippen molar-refractivity contribution < 1.29 is 0 Å². The third-order valence-electron chi connectivity index (χ3n) is 4.38. The van der Waals surface area contributed by atoms with Gasteiger partial charge in [-0.1, -0.05) is 32.1 Å². The third-order valence-corrected chi connectivity index (χ3v) is 4.81. The van der Waals surface area contributed by atoms with Gasteiger partial charge in [0.25, 0.3) is 0 Å². The second-order valence-electron chi connectivity index (χ2n) is 5.44. The minimum absolute atomic E-state index is 0.484. The van der Waals surface area contributed by atoms with E-state index in [1.54, 1.807) is 0 Å². The summed E-state index contributed by atoms with van der Waals surface area (Å²) in [7, 11) is 0. The van der Waals surface area contributed by atoms with Crippen LogP contribution in [0.4, 0.5) is 0 Å². The van der Waals surface area contributed by atoms with Crippen LogP contribution in [-0.2, 0) is 0 Å². The summed E-state index contributed by atoms with van der Waals surface area (Å²) in [6.07, 6.45) is 15.7. The fourth-order valence-electron chi connectivity index (χ4n) is 3.41. The molecule has 2 fully saturated rings. The van der Waals surface area contributed by atoms with Crippen LogP contribution in [0.25, 0.3) is 0 Å². The fourth-order valence-corrected chi connectivity index (χ4v) is 3.67. The minimum Gasteiger partial charge on any atom is -0.123 e. The Hall–Kier alpha value is 0.290. The Labute approximate surface area is 93.4 Å². The summed E-state index contributed by atoms with van der Waals surface area (Å²) in [5.41, 5.74) is 0.722. The molecule has 0 aromatic heterocycles. The van der Waals surface area contributed by atoms with Gasteiger partial charge in [-0.25, -0.2) is 0 Å². The molecule has 2 aliphatic rings. The van der Waals surface area contributed by atoms with E-state index in [1.807, 2.05) is 0 Å². The van der Waals surface area contributed by atoms with Gasteiger partial charge in [-0.2, -0.15) is 0 Å². The van der Waals surface area contributed by atoms with Crippen molar-refractivity contribution in [2.24, 2.45) is 5.41 Å². The smallest absolute Gasteiger partial charge is 0.0336 e. The van der Waals surface area contributed by atoms with Crippen LogP contribution in [0.2, 0.25) is 0 Å². The topological polar surface area (TPSA) is 0 Å². The zero-order chi connectivity index (χ0) is 9.86. The lowest BCUT2D eigenvalue weighted by atomic mass is 9.74. The van der Waals surface area contributed by atoms with Gasteiger partial charge in [0.05, 0.1) is 0 Å². The van der Waals surface area contributed by atoms with Crippen molar-refractivity contribution in [2.45, 2.75) is 76.0 Å². The van der Waals surface area contributed by atoms with E-state index in [1.165, 1.54) is 70.6 Å². The van der Waals surface area contributed by atoms with Crippen molar-refractivity contribution in [2.75, 3.05) is 0 Å². The lowest BCUT2D eigenvalue weighted by Crippen LogP contribution is -2.19.